The van der Waals surface area contributed by atoms with E-state index in [1.54, 1.807) is 19.4 Å². The minimum atomic E-state index is -0.603. The summed E-state index contributed by atoms with van der Waals surface area (Å²) < 4.78 is 25.2. The minimum absolute atomic E-state index is 0.00604. The van der Waals surface area contributed by atoms with E-state index in [9.17, 15) is 14.0 Å². The SMILES string of the molecule is COCn1ccc(C(=O)NC23CC(NC(=O)COc4ccc(Cl)c(F)c4)(C2)C3)n1. The molecule has 3 fully saturated rings. The zero-order valence-corrected chi connectivity index (χ0v) is 16.5. The maximum absolute atomic E-state index is 13.4. The summed E-state index contributed by atoms with van der Waals surface area (Å²) in [6.07, 6.45) is 3.65. The number of carbonyl (C=O) groups is 2. The van der Waals surface area contributed by atoms with Gasteiger partial charge in [0.15, 0.2) is 6.61 Å². The van der Waals surface area contributed by atoms with Crippen LogP contribution in [0.15, 0.2) is 30.5 Å². The first-order valence-corrected chi connectivity index (χ1v) is 9.44. The summed E-state index contributed by atoms with van der Waals surface area (Å²) >= 11 is 5.62. The highest BCUT2D eigenvalue weighted by Crippen LogP contribution is 2.60. The van der Waals surface area contributed by atoms with Crippen LogP contribution < -0.4 is 15.4 Å². The topological polar surface area (TPSA) is 94.5 Å². The lowest BCUT2D eigenvalue weighted by atomic mass is 9.44. The maximum atomic E-state index is 13.4. The van der Waals surface area contributed by atoms with Crippen LogP contribution in [0.3, 0.4) is 0 Å². The third-order valence-corrected chi connectivity index (χ3v) is 5.52. The van der Waals surface area contributed by atoms with Crippen LogP contribution in [0.4, 0.5) is 4.39 Å². The number of benzene rings is 1. The number of hydrogen-bond donors (Lipinski definition) is 2. The normalized spacial score (nSPS) is 24.2. The molecule has 2 amide bonds. The number of hydrogen-bond acceptors (Lipinski definition) is 5. The number of aromatic nitrogens is 2. The Morgan fingerprint density at radius 3 is 2.66 bits per heavy atom. The highest BCUT2D eigenvalue weighted by Gasteiger charge is 2.69. The molecule has 0 unspecified atom stereocenters. The van der Waals surface area contributed by atoms with Crippen molar-refractivity contribution >= 4 is 23.4 Å². The largest absolute Gasteiger partial charge is 0.484 e. The van der Waals surface area contributed by atoms with Crippen molar-refractivity contribution in [3.05, 3.63) is 47.0 Å². The van der Waals surface area contributed by atoms with Gasteiger partial charge >= 0.3 is 0 Å². The molecule has 8 nitrogen and oxygen atoms in total. The van der Waals surface area contributed by atoms with E-state index in [-0.39, 0.29) is 47.0 Å². The number of methoxy groups -OCH3 is 1. The van der Waals surface area contributed by atoms with Crippen LogP contribution in [0.2, 0.25) is 5.02 Å². The Balaban J connectivity index is 1.22. The van der Waals surface area contributed by atoms with Crippen molar-refractivity contribution in [2.45, 2.75) is 37.1 Å². The molecule has 2 N–H and O–H groups in total. The molecular weight excluding hydrogens is 403 g/mol. The molecule has 5 rings (SSSR count). The van der Waals surface area contributed by atoms with Gasteiger partial charge in [-0.3, -0.25) is 9.59 Å². The summed E-state index contributed by atoms with van der Waals surface area (Å²) in [6.45, 7) is 0.0530. The van der Waals surface area contributed by atoms with Crippen molar-refractivity contribution in [2.24, 2.45) is 0 Å². The number of ether oxygens (including phenoxy) is 2. The molecule has 0 atom stereocenters. The van der Waals surface area contributed by atoms with Crippen molar-refractivity contribution in [3.8, 4) is 5.75 Å². The summed E-state index contributed by atoms with van der Waals surface area (Å²) in [5, 5.41) is 10.1. The van der Waals surface area contributed by atoms with Gasteiger partial charge < -0.3 is 20.1 Å². The van der Waals surface area contributed by atoms with Crippen LogP contribution in [0, 0.1) is 5.82 Å². The van der Waals surface area contributed by atoms with Crippen LogP contribution in [0.5, 0.6) is 5.75 Å². The Labute approximate surface area is 171 Å². The highest BCUT2D eigenvalue weighted by atomic mass is 35.5. The molecule has 1 aromatic carbocycles. The third kappa shape index (κ3) is 3.92. The van der Waals surface area contributed by atoms with Crippen LogP contribution in [-0.4, -0.2) is 46.4 Å². The maximum Gasteiger partial charge on any atom is 0.272 e. The summed E-state index contributed by atoms with van der Waals surface area (Å²) in [6, 6.07) is 5.64. The van der Waals surface area contributed by atoms with Crippen LogP contribution in [0.25, 0.3) is 0 Å². The molecule has 3 aliphatic carbocycles. The number of rotatable bonds is 8. The average Bonchev–Trinajstić information content (AvgIpc) is 3.09. The van der Waals surface area contributed by atoms with Gasteiger partial charge in [0, 0.05) is 30.5 Å². The Morgan fingerprint density at radius 2 is 1.97 bits per heavy atom. The first kappa shape index (κ1) is 19.7. The fraction of sp³-hybridized carbons (Fsp3) is 0.421. The molecule has 10 heteroatoms. The van der Waals surface area contributed by atoms with Crippen molar-refractivity contribution < 1.29 is 23.5 Å². The molecule has 3 aliphatic rings. The molecule has 1 aromatic heterocycles. The van der Waals surface area contributed by atoms with Crippen molar-refractivity contribution in [2.75, 3.05) is 13.7 Å². The lowest BCUT2D eigenvalue weighted by Gasteiger charge is -2.70. The number of nitrogens with zero attached hydrogens (tertiary/aromatic N) is 2. The van der Waals surface area contributed by atoms with Gasteiger partial charge in [0.2, 0.25) is 0 Å². The molecule has 2 bridgehead atoms. The van der Waals surface area contributed by atoms with Crippen molar-refractivity contribution in [1.29, 1.82) is 0 Å². The second-order valence-corrected chi connectivity index (χ2v) is 8.02. The van der Waals surface area contributed by atoms with E-state index in [0.29, 0.717) is 25.0 Å². The first-order valence-electron chi connectivity index (χ1n) is 9.06. The predicted octanol–water partition coefficient (Wildman–Crippen LogP) is 1.88. The molecule has 0 saturated heterocycles. The zero-order chi connectivity index (χ0) is 20.6. The Hall–Kier alpha value is -2.65. The van der Waals surface area contributed by atoms with E-state index < -0.39 is 5.82 Å². The predicted molar refractivity (Wildman–Crippen MR) is 101 cm³/mol. The smallest absolute Gasteiger partial charge is 0.272 e. The van der Waals surface area contributed by atoms with Gasteiger partial charge in [-0.1, -0.05) is 11.6 Å². The first-order chi connectivity index (χ1) is 13.8. The molecule has 29 heavy (non-hydrogen) atoms. The van der Waals surface area contributed by atoms with E-state index in [0.717, 1.165) is 6.07 Å². The summed E-state index contributed by atoms with van der Waals surface area (Å²) in [5.41, 5.74) is -0.280. The molecular formula is C19H20ClFN4O4. The Bertz CT molecular complexity index is 944. The van der Waals surface area contributed by atoms with E-state index in [1.807, 2.05) is 0 Å². The second-order valence-electron chi connectivity index (χ2n) is 7.62. The fourth-order valence-corrected chi connectivity index (χ4v) is 4.21. The van der Waals surface area contributed by atoms with Gasteiger partial charge in [0.05, 0.1) is 5.02 Å². The Morgan fingerprint density at radius 1 is 1.24 bits per heavy atom. The number of halogens is 2. The fourth-order valence-electron chi connectivity index (χ4n) is 4.09. The van der Waals surface area contributed by atoms with Crippen molar-refractivity contribution in [3.63, 3.8) is 0 Å². The van der Waals surface area contributed by atoms with Crippen LogP contribution in [0.1, 0.15) is 29.8 Å². The summed E-state index contributed by atoms with van der Waals surface area (Å²) in [5.74, 6) is -0.907. The molecule has 3 saturated carbocycles. The van der Waals surface area contributed by atoms with E-state index in [4.69, 9.17) is 21.1 Å². The van der Waals surface area contributed by atoms with E-state index in [2.05, 4.69) is 15.7 Å². The quantitative estimate of drug-likeness (QED) is 0.677. The lowest BCUT2D eigenvalue weighted by Crippen LogP contribution is -2.84. The monoisotopic (exact) mass is 422 g/mol. The summed E-state index contributed by atoms with van der Waals surface area (Å²) in [7, 11) is 1.55. The van der Waals surface area contributed by atoms with Crippen LogP contribution >= 0.6 is 11.6 Å². The molecule has 0 radical (unpaired) electrons. The lowest BCUT2D eigenvalue weighted by molar-refractivity contribution is -0.141. The summed E-state index contributed by atoms with van der Waals surface area (Å²) in [4.78, 5) is 24.5. The van der Waals surface area contributed by atoms with Gasteiger partial charge in [-0.15, -0.1) is 0 Å². The van der Waals surface area contributed by atoms with Crippen LogP contribution in [-0.2, 0) is 16.3 Å². The molecule has 1 heterocycles. The van der Waals surface area contributed by atoms with Gasteiger partial charge in [0.25, 0.3) is 11.8 Å². The highest BCUT2D eigenvalue weighted by molar-refractivity contribution is 6.30. The zero-order valence-electron chi connectivity index (χ0n) is 15.7. The molecule has 154 valence electrons. The average molecular weight is 423 g/mol. The number of amides is 2. The molecule has 0 aliphatic heterocycles. The van der Waals surface area contributed by atoms with Crippen molar-refractivity contribution in [1.82, 2.24) is 20.4 Å². The third-order valence-electron chi connectivity index (χ3n) is 5.21. The van der Waals surface area contributed by atoms with E-state index >= 15 is 0 Å². The Kier molecular flexibility index (Phi) is 4.95. The van der Waals surface area contributed by atoms with Gasteiger partial charge in [-0.2, -0.15) is 5.10 Å². The molecule has 2 aromatic rings. The molecule has 0 spiro atoms. The number of nitrogens with one attached hydrogen (secondary N) is 2. The standard InChI is InChI=1S/C19H20ClFN4O4/c1-28-11-25-5-4-15(24-25)17(27)23-19-8-18(9-19,10-19)22-16(26)7-29-12-2-3-13(20)14(21)6-12/h2-6H,7-11H2,1H3,(H,22,26)(H,23,27). The van der Waals surface area contributed by atoms with Gasteiger partial charge in [0.1, 0.15) is 24.0 Å². The van der Waals surface area contributed by atoms with Gasteiger partial charge in [-0.05, 0) is 37.5 Å². The minimum Gasteiger partial charge on any atom is -0.484 e. The van der Waals surface area contributed by atoms with Gasteiger partial charge in [-0.25, -0.2) is 9.07 Å². The second kappa shape index (κ2) is 7.31. The number of carbonyl (C=O) groups excluding carboxylic acids is 2. The van der Waals surface area contributed by atoms with E-state index in [1.165, 1.54) is 16.8 Å².